The molecule has 4 rings (SSSR count). The van der Waals surface area contributed by atoms with Crippen molar-refractivity contribution in [2.24, 2.45) is 17.4 Å². The van der Waals surface area contributed by atoms with Gasteiger partial charge in [0.1, 0.15) is 6.33 Å². The number of rotatable bonds is 5. The van der Waals surface area contributed by atoms with Gasteiger partial charge in [0.25, 0.3) is 5.91 Å². The van der Waals surface area contributed by atoms with E-state index in [2.05, 4.69) is 38.9 Å². The second-order valence-corrected chi connectivity index (χ2v) is 9.37. The molecule has 1 atom stereocenters. The lowest BCUT2D eigenvalue weighted by Crippen LogP contribution is -2.18. The molecule has 2 aliphatic heterocycles. The van der Waals surface area contributed by atoms with E-state index in [4.69, 9.17) is 16.2 Å². The molecule has 2 aromatic rings. The molecule has 1 amide bonds. The highest BCUT2D eigenvalue weighted by molar-refractivity contribution is 7.12. The van der Waals surface area contributed by atoms with Gasteiger partial charge < -0.3 is 21.1 Å². The number of fused-ring (bicyclic) bond motifs is 1. The molecule has 178 valence electrons. The van der Waals surface area contributed by atoms with Gasteiger partial charge in [-0.25, -0.2) is 15.0 Å². The number of aromatic nitrogens is 3. The van der Waals surface area contributed by atoms with Crippen LogP contribution in [-0.2, 0) is 4.74 Å². The number of anilines is 2. The lowest BCUT2D eigenvalue weighted by Gasteiger charge is -2.19. The van der Waals surface area contributed by atoms with E-state index in [-0.39, 0.29) is 5.01 Å². The average Bonchev–Trinajstić information content (AvgIpc) is 3.23. The summed E-state index contributed by atoms with van der Waals surface area (Å²) in [7, 11) is 0. The maximum absolute atomic E-state index is 11.6. The number of ether oxygens (including phenoxy) is 1. The fraction of sp³-hybridized carbons (Fsp3) is 0.500. The van der Waals surface area contributed by atoms with Gasteiger partial charge in [0.2, 0.25) is 0 Å². The molecular formula is C24H34N6O2S. The van der Waals surface area contributed by atoms with Crippen molar-refractivity contribution in [3.05, 3.63) is 52.4 Å². The Labute approximate surface area is 199 Å². The smallest absolute Gasteiger partial charge is 0.277 e. The number of amides is 1. The van der Waals surface area contributed by atoms with Gasteiger partial charge in [-0.1, -0.05) is 42.9 Å². The fourth-order valence-electron chi connectivity index (χ4n) is 4.08. The van der Waals surface area contributed by atoms with Crippen molar-refractivity contribution < 1.29 is 9.53 Å². The Morgan fingerprint density at radius 3 is 2.64 bits per heavy atom. The number of aryl methyl sites for hydroxylation is 1. The van der Waals surface area contributed by atoms with E-state index in [1.807, 2.05) is 12.1 Å². The number of hydrogen-bond acceptors (Lipinski definition) is 8. The minimum absolute atomic E-state index is 0.190. The molecule has 0 radical (unpaired) electrons. The van der Waals surface area contributed by atoms with Crippen LogP contribution in [0.3, 0.4) is 0 Å². The fourth-order valence-corrected chi connectivity index (χ4v) is 4.67. The lowest BCUT2D eigenvalue weighted by molar-refractivity contribution is 0.0654. The zero-order valence-electron chi connectivity index (χ0n) is 19.4. The highest BCUT2D eigenvalue weighted by Crippen LogP contribution is 2.40. The summed E-state index contributed by atoms with van der Waals surface area (Å²) in [4.78, 5) is 26.5. The molecule has 3 heterocycles. The second kappa shape index (κ2) is 12.6. The molecular weight excluding hydrogens is 436 g/mol. The average molecular weight is 471 g/mol. The van der Waals surface area contributed by atoms with Crippen molar-refractivity contribution in [3.63, 3.8) is 0 Å². The van der Waals surface area contributed by atoms with Crippen LogP contribution in [0.5, 0.6) is 0 Å². The first kappa shape index (κ1) is 25.0. The monoisotopic (exact) mass is 470 g/mol. The van der Waals surface area contributed by atoms with Crippen molar-refractivity contribution in [3.8, 4) is 0 Å². The topological polar surface area (TPSA) is 120 Å². The third-order valence-corrected chi connectivity index (χ3v) is 6.86. The highest BCUT2D eigenvalue weighted by atomic mass is 32.1. The van der Waals surface area contributed by atoms with Crippen molar-refractivity contribution >= 4 is 28.7 Å². The third kappa shape index (κ3) is 6.93. The first-order valence-corrected chi connectivity index (χ1v) is 12.3. The maximum Gasteiger partial charge on any atom is 0.277 e. The van der Waals surface area contributed by atoms with Gasteiger partial charge >= 0.3 is 0 Å². The first-order valence-electron chi connectivity index (χ1n) is 11.5. The van der Waals surface area contributed by atoms with Crippen molar-refractivity contribution in [1.82, 2.24) is 15.0 Å². The Morgan fingerprint density at radius 2 is 1.97 bits per heavy atom. The standard InChI is InChI=1S/C17H20N6OS.C7H14O/c1-11-21-10-22-15(8-20-17(25-11)16(19)24)23-9-12(6-7-18)13-4-2-3-5-14(13)23;1-2-7-3-5-8-6-4-7/h2-5,8,10,12H,6-7,9,18H2,1H3,(H2,19,24);7H,2-6H2,1H3. The Balaban J connectivity index is 0.000000323. The van der Waals surface area contributed by atoms with Gasteiger partial charge in [0.15, 0.2) is 10.8 Å². The number of nitrogens with zero attached hydrogens (tertiary/aromatic N) is 4. The maximum atomic E-state index is 11.6. The summed E-state index contributed by atoms with van der Waals surface area (Å²) in [5.74, 6) is 1.33. The lowest BCUT2D eigenvalue weighted by atomic mass is 9.98. The number of para-hydroxylation sites is 1. The van der Waals surface area contributed by atoms with Crippen molar-refractivity contribution in [2.45, 2.75) is 45.4 Å². The molecule has 0 saturated carbocycles. The number of carbonyl (C=O) groups excluding carboxylic acids is 1. The summed E-state index contributed by atoms with van der Waals surface area (Å²) in [6, 6.07) is 8.19. The predicted octanol–water partition coefficient (Wildman–Crippen LogP) is 3.87. The Bertz CT molecular complexity index is 975. The van der Waals surface area contributed by atoms with Crippen LogP contribution in [0, 0.1) is 12.8 Å². The van der Waals surface area contributed by atoms with Crippen molar-refractivity contribution in [2.75, 3.05) is 31.2 Å². The van der Waals surface area contributed by atoms with Crippen LogP contribution in [0.2, 0.25) is 0 Å². The molecule has 2 aliphatic rings. The predicted molar refractivity (Wildman–Crippen MR) is 132 cm³/mol. The van der Waals surface area contributed by atoms with E-state index in [9.17, 15) is 4.79 Å². The molecule has 0 bridgehead atoms. The molecule has 9 heteroatoms. The molecule has 1 unspecified atom stereocenters. The Morgan fingerprint density at radius 1 is 1.21 bits per heavy atom. The number of nitrogens with two attached hydrogens (primary N) is 2. The summed E-state index contributed by atoms with van der Waals surface area (Å²) in [5, 5.41) is 0.842. The zero-order valence-corrected chi connectivity index (χ0v) is 20.3. The van der Waals surface area contributed by atoms with Crippen LogP contribution in [0.25, 0.3) is 0 Å². The summed E-state index contributed by atoms with van der Waals surface area (Å²) in [6.45, 7) is 7.42. The number of benzene rings is 1. The van der Waals surface area contributed by atoms with Gasteiger partial charge in [-0.2, -0.15) is 0 Å². The molecule has 1 saturated heterocycles. The molecule has 0 spiro atoms. The summed E-state index contributed by atoms with van der Waals surface area (Å²) >= 11 is 1.14. The number of carbonyl (C=O) groups is 1. The van der Waals surface area contributed by atoms with Gasteiger partial charge in [0.05, 0.1) is 11.2 Å². The molecule has 4 N–H and O–H groups in total. The summed E-state index contributed by atoms with van der Waals surface area (Å²) in [5.41, 5.74) is 13.5. The van der Waals surface area contributed by atoms with Crippen LogP contribution < -0.4 is 16.4 Å². The molecule has 1 aromatic heterocycles. The van der Waals surface area contributed by atoms with E-state index in [1.165, 1.54) is 31.2 Å². The Hall–Kier alpha value is -2.62. The van der Waals surface area contributed by atoms with Gasteiger partial charge in [-0.15, -0.1) is 0 Å². The highest BCUT2D eigenvalue weighted by Gasteiger charge is 2.29. The van der Waals surface area contributed by atoms with Crippen molar-refractivity contribution in [1.29, 1.82) is 0 Å². The van der Waals surface area contributed by atoms with Gasteiger partial charge in [-0.3, -0.25) is 4.79 Å². The Kier molecular flexibility index (Phi) is 9.53. The summed E-state index contributed by atoms with van der Waals surface area (Å²) in [6.07, 6.45) is 7.86. The van der Waals surface area contributed by atoms with Crippen LogP contribution in [-0.4, -0.2) is 47.2 Å². The molecule has 0 aliphatic carbocycles. The van der Waals surface area contributed by atoms with Crippen LogP contribution in [0.1, 0.15) is 58.9 Å². The SMILES string of the molecule is CCC1CCOCC1.Cc1ncnc(N2CC(CCN)c3ccccc32)cnc(C(N)=O)s1. The minimum atomic E-state index is -0.583. The molecule has 33 heavy (non-hydrogen) atoms. The second-order valence-electron chi connectivity index (χ2n) is 8.19. The van der Waals surface area contributed by atoms with E-state index in [1.54, 1.807) is 13.1 Å². The van der Waals surface area contributed by atoms with E-state index in [0.717, 1.165) is 49.1 Å². The zero-order chi connectivity index (χ0) is 23.6. The van der Waals surface area contributed by atoms with Gasteiger partial charge in [0, 0.05) is 31.4 Å². The quantitative estimate of drug-likeness (QED) is 0.680. The number of hydrogen-bond donors (Lipinski definition) is 2. The van der Waals surface area contributed by atoms with Crippen LogP contribution >= 0.6 is 11.3 Å². The normalized spacial score (nSPS) is 17.5. The molecule has 8 nitrogen and oxygen atoms in total. The molecule has 1 fully saturated rings. The van der Waals surface area contributed by atoms with E-state index in [0.29, 0.717) is 23.3 Å². The minimum Gasteiger partial charge on any atom is -0.381 e. The first-order chi connectivity index (χ1) is 16.0. The van der Waals surface area contributed by atoms with E-state index >= 15 is 0 Å². The molecule has 1 aromatic carbocycles. The van der Waals surface area contributed by atoms with Gasteiger partial charge in [-0.05, 0) is 50.3 Å². The summed E-state index contributed by atoms with van der Waals surface area (Å²) < 4.78 is 5.20. The third-order valence-electron chi connectivity index (χ3n) is 5.96. The largest absolute Gasteiger partial charge is 0.381 e. The van der Waals surface area contributed by atoms with E-state index < -0.39 is 5.91 Å². The van der Waals surface area contributed by atoms with Crippen LogP contribution in [0.4, 0.5) is 11.5 Å². The van der Waals surface area contributed by atoms with Crippen LogP contribution in [0.15, 0.2) is 36.8 Å². The number of primary amides is 1.